The van der Waals surface area contributed by atoms with Gasteiger partial charge in [-0.3, -0.25) is 14.4 Å². The van der Waals surface area contributed by atoms with Crippen molar-refractivity contribution in [2.24, 2.45) is 7.05 Å². The maximum absolute atomic E-state index is 13.0. The molecule has 3 aromatic heterocycles. The zero-order valence-electron chi connectivity index (χ0n) is 19.3. The molecule has 0 saturated carbocycles. The molecule has 34 heavy (non-hydrogen) atoms. The first-order valence-electron chi connectivity index (χ1n) is 11.7. The number of carbonyl (C=O) groups excluding carboxylic acids is 1. The Morgan fingerprint density at radius 1 is 1.15 bits per heavy atom. The highest BCUT2D eigenvalue weighted by Crippen LogP contribution is 2.32. The Hall–Kier alpha value is -3.24. The summed E-state index contributed by atoms with van der Waals surface area (Å²) in [6.45, 7) is 4.47. The number of aryl methyl sites for hydroxylation is 1. The quantitative estimate of drug-likeness (QED) is 0.471. The summed E-state index contributed by atoms with van der Waals surface area (Å²) < 4.78 is 7.21. The largest absolute Gasteiger partial charge is 0.494 e. The first kappa shape index (κ1) is 21.3. The van der Waals surface area contributed by atoms with E-state index in [4.69, 9.17) is 9.72 Å². The first-order valence-corrected chi connectivity index (χ1v) is 12.5. The number of nitrogens with zero attached hydrogens (tertiary/aromatic N) is 6. The number of aromatic nitrogens is 4. The average Bonchev–Trinajstić information content (AvgIpc) is 3.63. The fraction of sp³-hybridized carbons (Fsp3) is 0.417. The molecule has 10 heteroatoms. The molecule has 0 bridgehead atoms. The lowest BCUT2D eigenvalue weighted by Gasteiger charge is -2.24. The number of methoxy groups -OCH3 is 1. The van der Waals surface area contributed by atoms with Crippen molar-refractivity contribution in [3.63, 3.8) is 0 Å². The number of pyridine rings is 1. The van der Waals surface area contributed by atoms with E-state index in [1.54, 1.807) is 11.8 Å². The van der Waals surface area contributed by atoms with Crippen LogP contribution in [-0.2, 0) is 7.05 Å². The van der Waals surface area contributed by atoms with E-state index in [0.717, 1.165) is 40.2 Å². The van der Waals surface area contributed by atoms with Gasteiger partial charge in [0, 0.05) is 43.8 Å². The van der Waals surface area contributed by atoms with Crippen LogP contribution in [0.2, 0.25) is 0 Å². The summed E-state index contributed by atoms with van der Waals surface area (Å²) in [7, 11) is 3.44. The van der Waals surface area contributed by atoms with Crippen molar-refractivity contribution in [2.45, 2.75) is 25.3 Å². The van der Waals surface area contributed by atoms with E-state index in [0.29, 0.717) is 22.5 Å². The molecule has 2 aliphatic rings. The SMILES string of the molecule is COc1cc2nn(C)cc2cc1NC(=O)c1nc2ccc(N3CC[C@H](N4CCCC4)C3)nc2s1. The van der Waals surface area contributed by atoms with Gasteiger partial charge >= 0.3 is 0 Å². The van der Waals surface area contributed by atoms with Gasteiger partial charge in [-0.05, 0) is 50.6 Å². The third-order valence-corrected chi connectivity index (χ3v) is 7.73. The second-order valence-corrected chi connectivity index (χ2v) is 9.99. The molecule has 1 amide bonds. The molecule has 0 unspecified atom stereocenters. The standard InChI is InChI=1S/C24H27N7O2S/c1-29-13-15-11-19(20(33-2)12-18(15)28-29)25-22(32)24-26-17-5-6-21(27-23(17)34-24)31-10-7-16(14-31)30-8-3-4-9-30/h5-6,11-13,16H,3-4,7-10,14H2,1-2H3,(H,25,32)/t16-/m0/s1. The highest BCUT2D eigenvalue weighted by Gasteiger charge is 2.30. The lowest BCUT2D eigenvalue weighted by atomic mass is 10.2. The van der Waals surface area contributed by atoms with E-state index >= 15 is 0 Å². The Balaban J connectivity index is 1.21. The number of fused-ring (bicyclic) bond motifs is 2. The van der Waals surface area contributed by atoms with Gasteiger partial charge in [-0.1, -0.05) is 11.3 Å². The minimum Gasteiger partial charge on any atom is -0.494 e. The minimum atomic E-state index is -0.277. The molecule has 1 N–H and O–H groups in total. The van der Waals surface area contributed by atoms with Crippen LogP contribution in [0, 0.1) is 0 Å². The molecule has 2 aliphatic heterocycles. The minimum absolute atomic E-state index is 0.277. The van der Waals surface area contributed by atoms with Crippen molar-refractivity contribution < 1.29 is 9.53 Å². The third kappa shape index (κ3) is 3.86. The first-order chi connectivity index (χ1) is 16.6. The number of benzene rings is 1. The van der Waals surface area contributed by atoms with Crippen molar-refractivity contribution in [3.05, 3.63) is 35.5 Å². The summed E-state index contributed by atoms with van der Waals surface area (Å²) in [5.41, 5.74) is 2.14. The number of carbonyl (C=O) groups is 1. The van der Waals surface area contributed by atoms with Crippen molar-refractivity contribution in [1.29, 1.82) is 0 Å². The molecular formula is C24H27N7O2S. The molecule has 176 valence electrons. The number of hydrogen-bond donors (Lipinski definition) is 1. The summed E-state index contributed by atoms with van der Waals surface area (Å²) in [5, 5.41) is 8.65. The van der Waals surface area contributed by atoms with Gasteiger partial charge in [0.2, 0.25) is 0 Å². The Bertz CT molecular complexity index is 1370. The molecule has 4 aromatic rings. The smallest absolute Gasteiger partial charge is 0.284 e. The second kappa shape index (κ2) is 8.52. The fourth-order valence-electron chi connectivity index (χ4n) is 5.05. The second-order valence-electron chi connectivity index (χ2n) is 9.01. The lowest BCUT2D eigenvalue weighted by molar-refractivity contribution is 0.102. The maximum atomic E-state index is 13.0. The van der Waals surface area contributed by atoms with Crippen molar-refractivity contribution in [1.82, 2.24) is 24.6 Å². The summed E-state index contributed by atoms with van der Waals surface area (Å²) in [4.78, 5) is 28.2. The monoisotopic (exact) mass is 477 g/mol. The normalized spacial score (nSPS) is 18.9. The number of anilines is 2. The highest BCUT2D eigenvalue weighted by atomic mass is 32.1. The number of ether oxygens (including phenoxy) is 1. The Labute approximate surface area is 201 Å². The Morgan fingerprint density at radius 3 is 2.82 bits per heavy atom. The van der Waals surface area contributed by atoms with E-state index in [2.05, 4.69) is 25.2 Å². The highest BCUT2D eigenvalue weighted by molar-refractivity contribution is 7.20. The number of thiazole rings is 1. The molecule has 1 atom stereocenters. The summed E-state index contributed by atoms with van der Waals surface area (Å²) in [6.07, 6.45) is 5.71. The van der Waals surface area contributed by atoms with Gasteiger partial charge in [-0.15, -0.1) is 0 Å². The lowest BCUT2D eigenvalue weighted by Crippen LogP contribution is -2.35. The van der Waals surface area contributed by atoms with Crippen molar-refractivity contribution in [2.75, 3.05) is 43.5 Å². The van der Waals surface area contributed by atoms with E-state index < -0.39 is 0 Å². The molecule has 5 heterocycles. The van der Waals surface area contributed by atoms with Crippen LogP contribution >= 0.6 is 11.3 Å². The predicted molar refractivity (Wildman–Crippen MR) is 134 cm³/mol. The van der Waals surface area contributed by atoms with Crippen LogP contribution in [0.5, 0.6) is 5.75 Å². The Kier molecular flexibility index (Phi) is 5.34. The fourth-order valence-corrected chi connectivity index (χ4v) is 5.88. The van der Waals surface area contributed by atoms with Gasteiger partial charge in [0.25, 0.3) is 5.91 Å². The number of hydrogen-bond acceptors (Lipinski definition) is 8. The van der Waals surface area contributed by atoms with Crippen LogP contribution in [-0.4, -0.2) is 69.9 Å². The van der Waals surface area contributed by atoms with Crippen LogP contribution in [0.1, 0.15) is 29.1 Å². The zero-order valence-corrected chi connectivity index (χ0v) is 20.1. The summed E-state index contributed by atoms with van der Waals surface area (Å²) >= 11 is 1.32. The van der Waals surface area contributed by atoms with Gasteiger partial charge < -0.3 is 15.0 Å². The van der Waals surface area contributed by atoms with Gasteiger partial charge in [0.1, 0.15) is 21.9 Å². The van der Waals surface area contributed by atoms with Crippen LogP contribution in [0.3, 0.4) is 0 Å². The van der Waals surface area contributed by atoms with E-state index in [-0.39, 0.29) is 5.91 Å². The maximum Gasteiger partial charge on any atom is 0.284 e. The molecule has 2 saturated heterocycles. The number of nitrogens with one attached hydrogen (secondary N) is 1. The van der Waals surface area contributed by atoms with E-state index in [9.17, 15) is 4.79 Å². The number of amides is 1. The summed E-state index contributed by atoms with van der Waals surface area (Å²) in [6, 6.07) is 8.30. The average molecular weight is 478 g/mol. The molecule has 1 aromatic carbocycles. The molecule has 0 spiro atoms. The van der Waals surface area contributed by atoms with E-state index in [1.807, 2.05) is 37.5 Å². The molecule has 0 aliphatic carbocycles. The van der Waals surface area contributed by atoms with Crippen LogP contribution < -0.4 is 15.0 Å². The van der Waals surface area contributed by atoms with Crippen molar-refractivity contribution >= 4 is 50.0 Å². The van der Waals surface area contributed by atoms with Crippen LogP contribution in [0.25, 0.3) is 21.3 Å². The number of rotatable bonds is 5. The van der Waals surface area contributed by atoms with Crippen molar-refractivity contribution in [3.8, 4) is 5.75 Å². The Morgan fingerprint density at radius 2 is 2.00 bits per heavy atom. The predicted octanol–water partition coefficient (Wildman–Crippen LogP) is 3.51. The van der Waals surface area contributed by atoms with Crippen LogP contribution in [0.15, 0.2) is 30.5 Å². The van der Waals surface area contributed by atoms with E-state index in [1.165, 1.54) is 43.7 Å². The third-order valence-electron chi connectivity index (χ3n) is 6.77. The summed E-state index contributed by atoms with van der Waals surface area (Å²) in [5.74, 6) is 1.25. The van der Waals surface area contributed by atoms with Gasteiger partial charge in [0.15, 0.2) is 5.01 Å². The zero-order chi connectivity index (χ0) is 23.2. The molecule has 6 rings (SSSR count). The van der Waals surface area contributed by atoms with Gasteiger partial charge in [-0.25, -0.2) is 9.97 Å². The topological polar surface area (TPSA) is 88.4 Å². The molecule has 9 nitrogen and oxygen atoms in total. The molecule has 2 fully saturated rings. The molecular weight excluding hydrogens is 450 g/mol. The van der Waals surface area contributed by atoms with Crippen LogP contribution in [0.4, 0.5) is 11.5 Å². The molecule has 0 radical (unpaired) electrons. The van der Waals surface area contributed by atoms with Gasteiger partial charge in [-0.2, -0.15) is 5.10 Å². The number of likely N-dealkylation sites (tertiary alicyclic amines) is 1. The van der Waals surface area contributed by atoms with Gasteiger partial charge in [0.05, 0.1) is 18.3 Å².